The van der Waals surface area contributed by atoms with Crippen LogP contribution in [0.2, 0.25) is 0 Å². The summed E-state index contributed by atoms with van der Waals surface area (Å²) in [5.74, 6) is -0.0657. The first-order chi connectivity index (χ1) is 15.1. The van der Waals surface area contributed by atoms with Crippen LogP contribution in [-0.4, -0.2) is 59.1 Å². The molecule has 31 heavy (non-hydrogen) atoms. The average molecular weight is 424 g/mol. The molecule has 2 amide bonds. The minimum Gasteiger partial charge on any atom is -0.396 e. The van der Waals surface area contributed by atoms with Crippen LogP contribution in [0, 0.1) is 0 Å². The number of hydrogen-bond acceptors (Lipinski definition) is 5. The van der Waals surface area contributed by atoms with Gasteiger partial charge in [-0.05, 0) is 48.9 Å². The SMILES string of the molecule is O=C(CC1Cc2ccccc2C2(CCN(C(=O)c3cccnc3)CC2)O1)NCCCO. The Morgan fingerprint density at radius 1 is 1.19 bits per heavy atom. The maximum atomic E-state index is 12.8. The largest absolute Gasteiger partial charge is 0.396 e. The van der Waals surface area contributed by atoms with Crippen molar-refractivity contribution in [2.75, 3.05) is 26.2 Å². The third kappa shape index (κ3) is 4.78. The van der Waals surface area contributed by atoms with Crippen LogP contribution in [-0.2, 0) is 21.6 Å². The van der Waals surface area contributed by atoms with Crippen LogP contribution in [0.3, 0.4) is 0 Å². The standard InChI is InChI=1S/C24H29N3O4/c28-14-4-11-26-22(29)16-20-15-18-5-1-2-7-21(18)24(31-20)8-12-27(13-9-24)23(30)19-6-3-10-25-17-19/h1-3,5-7,10,17,20,28H,4,8-9,11-16H2,(H,26,29). The molecule has 1 atom stereocenters. The van der Waals surface area contributed by atoms with Crippen LogP contribution in [0.25, 0.3) is 0 Å². The van der Waals surface area contributed by atoms with E-state index in [1.54, 1.807) is 24.5 Å². The number of piperidine rings is 1. The number of rotatable bonds is 6. The Morgan fingerprint density at radius 3 is 2.74 bits per heavy atom. The molecule has 164 valence electrons. The zero-order chi connectivity index (χ0) is 21.7. The number of pyridine rings is 1. The van der Waals surface area contributed by atoms with Crippen molar-refractivity contribution in [1.82, 2.24) is 15.2 Å². The molecule has 1 aromatic carbocycles. The van der Waals surface area contributed by atoms with Crippen LogP contribution < -0.4 is 5.32 Å². The summed E-state index contributed by atoms with van der Waals surface area (Å²) in [6, 6.07) is 11.8. The fourth-order valence-corrected chi connectivity index (χ4v) is 4.64. The molecule has 3 heterocycles. The lowest BCUT2D eigenvalue weighted by Gasteiger charge is -2.47. The zero-order valence-corrected chi connectivity index (χ0v) is 17.6. The fraction of sp³-hybridized carbons (Fsp3) is 0.458. The second-order valence-corrected chi connectivity index (χ2v) is 8.26. The van der Waals surface area contributed by atoms with E-state index >= 15 is 0 Å². The lowest BCUT2D eigenvalue weighted by atomic mass is 9.77. The van der Waals surface area contributed by atoms with Gasteiger partial charge in [-0.1, -0.05) is 24.3 Å². The van der Waals surface area contributed by atoms with Crippen molar-refractivity contribution in [3.63, 3.8) is 0 Å². The highest BCUT2D eigenvalue weighted by atomic mass is 16.5. The summed E-state index contributed by atoms with van der Waals surface area (Å²) in [6.45, 7) is 1.72. The van der Waals surface area contributed by atoms with Gasteiger partial charge in [0.25, 0.3) is 5.91 Å². The zero-order valence-electron chi connectivity index (χ0n) is 17.6. The molecule has 0 aliphatic carbocycles. The molecule has 1 saturated heterocycles. The van der Waals surface area contributed by atoms with Gasteiger partial charge in [0.1, 0.15) is 0 Å². The van der Waals surface area contributed by atoms with E-state index in [4.69, 9.17) is 9.84 Å². The topological polar surface area (TPSA) is 91.8 Å². The van der Waals surface area contributed by atoms with Gasteiger partial charge in [-0.2, -0.15) is 0 Å². The van der Waals surface area contributed by atoms with Crippen LogP contribution in [0.15, 0.2) is 48.8 Å². The number of carbonyl (C=O) groups is 2. The van der Waals surface area contributed by atoms with Gasteiger partial charge in [-0.25, -0.2) is 0 Å². The summed E-state index contributed by atoms with van der Waals surface area (Å²) in [5, 5.41) is 11.8. The molecule has 2 aliphatic heterocycles. The van der Waals surface area contributed by atoms with E-state index in [1.165, 1.54) is 11.1 Å². The van der Waals surface area contributed by atoms with Crippen molar-refractivity contribution in [3.05, 3.63) is 65.5 Å². The van der Waals surface area contributed by atoms with E-state index in [1.807, 2.05) is 17.0 Å². The number of aliphatic hydroxyl groups is 1. The number of aromatic nitrogens is 1. The quantitative estimate of drug-likeness (QED) is 0.694. The molecule has 1 spiro atoms. The molecule has 0 bridgehead atoms. The number of hydrogen-bond donors (Lipinski definition) is 2. The number of nitrogens with one attached hydrogen (secondary N) is 1. The highest BCUT2D eigenvalue weighted by Gasteiger charge is 2.44. The smallest absolute Gasteiger partial charge is 0.255 e. The van der Waals surface area contributed by atoms with Crippen LogP contribution in [0.5, 0.6) is 0 Å². The molecule has 1 fully saturated rings. The molecule has 1 aromatic heterocycles. The van der Waals surface area contributed by atoms with Crippen molar-refractivity contribution < 1.29 is 19.4 Å². The first-order valence-corrected chi connectivity index (χ1v) is 10.9. The van der Waals surface area contributed by atoms with E-state index in [-0.39, 0.29) is 24.5 Å². The van der Waals surface area contributed by atoms with Crippen LogP contribution in [0.1, 0.15) is 47.2 Å². The Balaban J connectivity index is 1.46. The molecule has 0 radical (unpaired) electrons. The number of carbonyl (C=O) groups excluding carboxylic acids is 2. The van der Waals surface area contributed by atoms with Gasteiger partial charge in [0.2, 0.25) is 5.91 Å². The normalized spacial score (nSPS) is 19.6. The van der Waals surface area contributed by atoms with Gasteiger partial charge in [0.15, 0.2) is 0 Å². The van der Waals surface area contributed by atoms with Gasteiger partial charge >= 0.3 is 0 Å². The molecule has 4 rings (SSSR count). The maximum Gasteiger partial charge on any atom is 0.255 e. The Hall–Kier alpha value is -2.77. The minimum absolute atomic E-state index is 0.00754. The molecule has 2 aliphatic rings. The van der Waals surface area contributed by atoms with Crippen molar-refractivity contribution in [2.24, 2.45) is 0 Å². The monoisotopic (exact) mass is 423 g/mol. The minimum atomic E-state index is -0.476. The summed E-state index contributed by atoms with van der Waals surface area (Å²) in [7, 11) is 0. The molecule has 7 nitrogen and oxygen atoms in total. The van der Waals surface area contributed by atoms with Crippen molar-refractivity contribution >= 4 is 11.8 Å². The number of aliphatic hydroxyl groups excluding tert-OH is 1. The van der Waals surface area contributed by atoms with Gasteiger partial charge in [-0.3, -0.25) is 14.6 Å². The number of amides is 2. The van der Waals surface area contributed by atoms with Gasteiger partial charge in [-0.15, -0.1) is 0 Å². The van der Waals surface area contributed by atoms with E-state index in [0.717, 1.165) is 0 Å². The highest BCUT2D eigenvalue weighted by Crippen LogP contribution is 2.44. The summed E-state index contributed by atoms with van der Waals surface area (Å²) in [5.41, 5.74) is 2.52. The van der Waals surface area contributed by atoms with Crippen molar-refractivity contribution in [1.29, 1.82) is 0 Å². The third-order valence-corrected chi connectivity index (χ3v) is 6.19. The first kappa shape index (κ1) is 21.5. The first-order valence-electron chi connectivity index (χ1n) is 10.9. The van der Waals surface area contributed by atoms with E-state index < -0.39 is 5.60 Å². The number of fused-ring (bicyclic) bond motifs is 2. The van der Waals surface area contributed by atoms with Gasteiger partial charge in [0, 0.05) is 38.6 Å². The van der Waals surface area contributed by atoms with Gasteiger partial charge in [0.05, 0.1) is 23.7 Å². The predicted molar refractivity (Wildman–Crippen MR) is 115 cm³/mol. The third-order valence-electron chi connectivity index (χ3n) is 6.19. The number of benzene rings is 1. The molecule has 2 aromatic rings. The number of ether oxygens (including phenoxy) is 1. The molecule has 0 saturated carbocycles. The second kappa shape index (κ2) is 9.58. The van der Waals surface area contributed by atoms with Crippen LogP contribution >= 0.6 is 0 Å². The summed E-state index contributed by atoms with van der Waals surface area (Å²) in [6.07, 6.45) is 5.98. The molecular weight excluding hydrogens is 394 g/mol. The summed E-state index contributed by atoms with van der Waals surface area (Å²) < 4.78 is 6.59. The van der Waals surface area contributed by atoms with Crippen molar-refractivity contribution in [2.45, 2.75) is 43.8 Å². The number of likely N-dealkylation sites (tertiary alicyclic amines) is 1. The van der Waals surface area contributed by atoms with Gasteiger partial charge < -0.3 is 20.1 Å². The van der Waals surface area contributed by atoms with E-state index in [2.05, 4.69) is 22.4 Å². The Bertz CT molecular complexity index is 910. The number of nitrogens with zero attached hydrogens (tertiary/aromatic N) is 2. The lowest BCUT2D eigenvalue weighted by molar-refractivity contribution is -0.147. The Kier molecular flexibility index (Phi) is 6.63. The van der Waals surface area contributed by atoms with E-state index in [0.29, 0.717) is 57.3 Å². The lowest BCUT2D eigenvalue weighted by Crippen LogP contribution is -2.50. The summed E-state index contributed by atoms with van der Waals surface area (Å²) >= 11 is 0. The Morgan fingerprint density at radius 2 is 2.00 bits per heavy atom. The van der Waals surface area contributed by atoms with E-state index in [9.17, 15) is 9.59 Å². The summed E-state index contributed by atoms with van der Waals surface area (Å²) in [4.78, 5) is 31.1. The highest BCUT2D eigenvalue weighted by molar-refractivity contribution is 5.93. The van der Waals surface area contributed by atoms with Crippen molar-refractivity contribution in [3.8, 4) is 0 Å². The molecule has 1 unspecified atom stereocenters. The van der Waals surface area contributed by atoms with Crippen LogP contribution in [0.4, 0.5) is 0 Å². The second-order valence-electron chi connectivity index (χ2n) is 8.26. The average Bonchev–Trinajstić information content (AvgIpc) is 2.80. The maximum absolute atomic E-state index is 12.8. The fourth-order valence-electron chi connectivity index (χ4n) is 4.64. The predicted octanol–water partition coefficient (Wildman–Crippen LogP) is 2.04. The molecular formula is C24H29N3O4. The Labute approximate surface area is 182 Å². The molecule has 7 heteroatoms. The molecule has 2 N–H and O–H groups in total.